The number of halogens is 3. The van der Waals surface area contributed by atoms with Crippen LogP contribution in [0.3, 0.4) is 0 Å². The van der Waals surface area contributed by atoms with Gasteiger partial charge in [0.1, 0.15) is 37.8 Å². The number of carbonyl (C=O) groups excluding carboxylic acids is 1. The summed E-state index contributed by atoms with van der Waals surface area (Å²) in [6.45, 7) is 2.78. The zero-order valence-electron chi connectivity index (χ0n) is 20.0. The molecule has 0 saturated carbocycles. The van der Waals surface area contributed by atoms with E-state index in [1.54, 1.807) is 0 Å². The number of nitrogens with two attached hydrogens (primary N) is 1. The number of anilines is 2. The molecule has 0 radical (unpaired) electrons. The lowest BCUT2D eigenvalue weighted by molar-refractivity contribution is -0.857. The molecule has 12 heteroatoms. The zero-order chi connectivity index (χ0) is 26.3. The molecule has 1 aliphatic heterocycles. The number of aromatic nitrogens is 2. The summed E-state index contributed by atoms with van der Waals surface area (Å²) >= 11 is 12.2. The monoisotopic (exact) mass is 550 g/mol. The molecule has 0 aliphatic carbocycles. The molecular formula is C25H27Cl2FN5O4+. The number of amides is 2. The number of nitrogen functional groups attached to an aromatic ring is 1. The smallest absolute Gasteiger partial charge is 0.422 e. The number of ether oxygens (including phenoxy) is 3. The second-order valence-electron chi connectivity index (χ2n) is 8.42. The standard InChI is InChI=1S/C25H26Cl2FN5O4/c26-19-6-7-20(28)23(27)18(19)8-12-37-21-16-22(31-32-24(21)29)30-25(34)33(9-13-35-14-10-33)11-15-36-17-4-2-1-3-5-17/h1-7,16H,8-15H2,(H2-,29,30,31,32,34)/p+1. The van der Waals surface area contributed by atoms with Crippen molar-refractivity contribution in [3.63, 3.8) is 0 Å². The van der Waals surface area contributed by atoms with Crippen molar-refractivity contribution >= 4 is 40.9 Å². The molecule has 4 rings (SSSR count). The molecular weight excluding hydrogens is 524 g/mol. The summed E-state index contributed by atoms with van der Waals surface area (Å²) in [7, 11) is 0. The summed E-state index contributed by atoms with van der Waals surface area (Å²) in [5, 5.41) is 11.0. The molecule has 37 heavy (non-hydrogen) atoms. The van der Waals surface area contributed by atoms with E-state index in [0.29, 0.717) is 50.0 Å². The first-order chi connectivity index (χ1) is 17.9. The molecule has 3 aromatic rings. The van der Waals surface area contributed by atoms with Gasteiger partial charge in [-0.15, -0.1) is 10.2 Å². The van der Waals surface area contributed by atoms with Crippen molar-refractivity contribution in [2.75, 3.05) is 57.1 Å². The van der Waals surface area contributed by atoms with Crippen molar-refractivity contribution in [2.45, 2.75) is 6.42 Å². The molecule has 0 unspecified atom stereocenters. The van der Waals surface area contributed by atoms with E-state index < -0.39 is 5.82 Å². The van der Waals surface area contributed by atoms with Crippen LogP contribution in [-0.4, -0.2) is 66.8 Å². The topological polar surface area (TPSA) is 109 Å². The summed E-state index contributed by atoms with van der Waals surface area (Å²) in [4.78, 5) is 13.4. The van der Waals surface area contributed by atoms with Crippen molar-refractivity contribution in [3.05, 3.63) is 70.0 Å². The minimum atomic E-state index is -0.564. The molecule has 2 heterocycles. The van der Waals surface area contributed by atoms with Gasteiger partial charge in [-0.3, -0.25) is 5.32 Å². The maximum atomic E-state index is 13.8. The van der Waals surface area contributed by atoms with Gasteiger partial charge < -0.3 is 19.9 Å². The molecule has 1 saturated heterocycles. The Hall–Kier alpha value is -3.18. The van der Waals surface area contributed by atoms with Crippen LogP contribution in [0.4, 0.5) is 20.8 Å². The number of hydrogen-bond donors (Lipinski definition) is 2. The van der Waals surface area contributed by atoms with Crippen LogP contribution >= 0.6 is 23.2 Å². The van der Waals surface area contributed by atoms with Gasteiger partial charge in [-0.1, -0.05) is 41.4 Å². The Morgan fingerprint density at radius 1 is 1.08 bits per heavy atom. The van der Waals surface area contributed by atoms with Gasteiger partial charge in [-0.2, -0.15) is 0 Å². The molecule has 9 nitrogen and oxygen atoms in total. The number of carbonyl (C=O) groups is 1. The molecule has 0 spiro atoms. The van der Waals surface area contributed by atoms with Crippen LogP contribution in [0.2, 0.25) is 10.0 Å². The first kappa shape index (κ1) is 26.9. The van der Waals surface area contributed by atoms with E-state index in [0.717, 1.165) is 5.75 Å². The van der Waals surface area contributed by atoms with Crippen LogP contribution < -0.4 is 20.5 Å². The summed E-state index contributed by atoms with van der Waals surface area (Å²) in [5.41, 5.74) is 6.34. The Morgan fingerprint density at radius 3 is 2.59 bits per heavy atom. The maximum absolute atomic E-state index is 13.8. The van der Waals surface area contributed by atoms with Gasteiger partial charge in [0.25, 0.3) is 0 Å². The SMILES string of the molecule is Nc1nnc(NC(=O)[N+]2(CCOc3ccccc3)CCOCC2)cc1OCCc1c(Cl)ccc(F)c1Cl. The third-order valence-electron chi connectivity index (χ3n) is 6.06. The lowest BCUT2D eigenvalue weighted by Gasteiger charge is -2.37. The fraction of sp³-hybridized carbons (Fsp3) is 0.320. The fourth-order valence-corrected chi connectivity index (χ4v) is 4.49. The lowest BCUT2D eigenvalue weighted by Crippen LogP contribution is -2.61. The Kier molecular flexibility index (Phi) is 8.99. The van der Waals surface area contributed by atoms with E-state index in [4.69, 9.17) is 43.1 Å². The van der Waals surface area contributed by atoms with E-state index in [1.165, 1.54) is 18.2 Å². The predicted octanol–water partition coefficient (Wildman–Crippen LogP) is 4.58. The number of quaternary nitrogens is 1. The first-order valence-electron chi connectivity index (χ1n) is 11.7. The maximum Gasteiger partial charge on any atom is 0.422 e. The number of urea groups is 1. The van der Waals surface area contributed by atoms with Crippen molar-refractivity contribution in [1.29, 1.82) is 0 Å². The van der Waals surface area contributed by atoms with Crippen molar-refractivity contribution in [2.24, 2.45) is 0 Å². The molecule has 1 aromatic heterocycles. The van der Waals surface area contributed by atoms with E-state index >= 15 is 0 Å². The normalized spacial score (nSPS) is 14.7. The highest BCUT2D eigenvalue weighted by molar-refractivity contribution is 6.36. The number of nitrogens with zero attached hydrogens (tertiary/aromatic N) is 3. The number of benzene rings is 2. The van der Waals surface area contributed by atoms with Gasteiger partial charge in [0, 0.05) is 17.5 Å². The summed E-state index contributed by atoms with van der Waals surface area (Å²) in [6.07, 6.45) is 0.236. The number of rotatable bonds is 9. The first-order valence-corrected chi connectivity index (χ1v) is 12.5. The Labute approximate surface area is 223 Å². The van der Waals surface area contributed by atoms with E-state index in [-0.39, 0.29) is 45.9 Å². The average Bonchev–Trinajstić information content (AvgIpc) is 2.91. The molecule has 0 atom stereocenters. The predicted molar refractivity (Wildman–Crippen MR) is 139 cm³/mol. The molecule has 196 valence electrons. The zero-order valence-corrected chi connectivity index (χ0v) is 21.5. The van der Waals surface area contributed by atoms with Crippen LogP contribution in [0, 0.1) is 5.82 Å². The highest BCUT2D eigenvalue weighted by Gasteiger charge is 2.39. The van der Waals surface area contributed by atoms with Gasteiger partial charge in [0.05, 0.1) is 24.8 Å². The van der Waals surface area contributed by atoms with E-state index in [1.807, 2.05) is 30.3 Å². The van der Waals surface area contributed by atoms with E-state index in [2.05, 4.69) is 15.5 Å². The Bertz CT molecular complexity index is 1230. The number of hydrogen-bond acceptors (Lipinski definition) is 7. The highest BCUT2D eigenvalue weighted by atomic mass is 35.5. The summed E-state index contributed by atoms with van der Waals surface area (Å²) in [6, 6.07) is 13.3. The van der Waals surface area contributed by atoms with E-state index in [9.17, 15) is 9.18 Å². The average molecular weight is 551 g/mol. The summed E-state index contributed by atoms with van der Waals surface area (Å²) in [5.74, 6) is 0.617. The van der Waals surface area contributed by atoms with Gasteiger partial charge >= 0.3 is 6.03 Å². The highest BCUT2D eigenvalue weighted by Crippen LogP contribution is 2.28. The van der Waals surface area contributed by atoms with Crippen LogP contribution in [0.1, 0.15) is 5.56 Å². The second-order valence-corrected chi connectivity index (χ2v) is 9.20. The molecule has 1 aliphatic rings. The van der Waals surface area contributed by atoms with Crippen molar-refractivity contribution in [1.82, 2.24) is 10.2 Å². The quantitative estimate of drug-likeness (QED) is 0.296. The van der Waals surface area contributed by atoms with Gasteiger partial charge in [-0.05, 0) is 29.8 Å². The molecule has 3 N–H and O–H groups in total. The molecule has 2 amide bonds. The fourth-order valence-electron chi connectivity index (χ4n) is 3.93. The molecule has 2 aromatic carbocycles. The molecule has 0 bridgehead atoms. The Morgan fingerprint density at radius 2 is 1.84 bits per heavy atom. The largest absolute Gasteiger partial charge is 0.489 e. The van der Waals surface area contributed by atoms with Crippen LogP contribution in [0.15, 0.2) is 48.5 Å². The van der Waals surface area contributed by atoms with Crippen LogP contribution in [0.5, 0.6) is 11.5 Å². The number of nitrogens with one attached hydrogen (secondary N) is 1. The third-order valence-corrected chi connectivity index (χ3v) is 6.82. The van der Waals surface area contributed by atoms with Crippen LogP contribution in [-0.2, 0) is 11.2 Å². The third kappa shape index (κ3) is 6.78. The minimum Gasteiger partial charge on any atom is -0.489 e. The number of morpholine rings is 1. The van der Waals surface area contributed by atoms with Crippen LogP contribution in [0.25, 0.3) is 0 Å². The van der Waals surface area contributed by atoms with Gasteiger partial charge in [0.2, 0.25) is 0 Å². The van der Waals surface area contributed by atoms with Gasteiger partial charge in [-0.25, -0.2) is 13.7 Å². The Balaban J connectivity index is 1.40. The van der Waals surface area contributed by atoms with Crippen molar-refractivity contribution < 1.29 is 27.9 Å². The van der Waals surface area contributed by atoms with Crippen molar-refractivity contribution in [3.8, 4) is 11.5 Å². The summed E-state index contributed by atoms with van der Waals surface area (Å²) < 4.78 is 30.9. The lowest BCUT2D eigenvalue weighted by atomic mass is 10.1. The van der Waals surface area contributed by atoms with Gasteiger partial charge in [0.15, 0.2) is 17.4 Å². The number of para-hydroxylation sites is 1. The second kappa shape index (κ2) is 12.4. The molecule has 1 fully saturated rings. The minimum absolute atomic E-state index is 0.0426.